The molecular formula is C21H22N2O4. The summed E-state index contributed by atoms with van der Waals surface area (Å²) in [5.41, 5.74) is 2.02. The Morgan fingerprint density at radius 2 is 1.70 bits per heavy atom. The molecule has 2 bridgehead atoms. The summed E-state index contributed by atoms with van der Waals surface area (Å²) in [6.07, 6.45) is 1.42. The number of hydrogen-bond donors (Lipinski definition) is 0. The number of nitrogens with zero attached hydrogens (tertiary/aromatic N) is 2. The van der Waals surface area contributed by atoms with Crippen LogP contribution >= 0.6 is 0 Å². The molecule has 2 fully saturated rings. The largest absolute Gasteiger partial charge is 0.459 e. The Morgan fingerprint density at radius 1 is 1.04 bits per heavy atom. The summed E-state index contributed by atoms with van der Waals surface area (Å²) in [7, 11) is 0. The zero-order valence-corrected chi connectivity index (χ0v) is 15.0. The van der Waals surface area contributed by atoms with Crippen LogP contribution in [0.3, 0.4) is 0 Å². The summed E-state index contributed by atoms with van der Waals surface area (Å²) >= 11 is 0. The number of piperidine rings is 1. The SMILES string of the molecule is O=Nc1ccc(C(=O)OC2CC3COCC(C2)N3Cc2ccccc2)cc1. The molecule has 0 amide bonds. The summed E-state index contributed by atoms with van der Waals surface area (Å²) in [6, 6.07) is 17.1. The first-order chi connectivity index (χ1) is 13.2. The number of benzene rings is 2. The standard InChI is InChI=1S/C21H22N2O4/c24-21(16-6-8-17(22-25)9-7-16)27-20-10-18-13-26-14-19(11-20)23(18)12-15-4-2-1-3-5-15/h1-9,18-20H,10-14H2. The highest BCUT2D eigenvalue weighted by Crippen LogP contribution is 2.31. The Kier molecular flexibility index (Phi) is 5.27. The number of morpholine rings is 1. The van der Waals surface area contributed by atoms with Gasteiger partial charge in [0.15, 0.2) is 0 Å². The van der Waals surface area contributed by atoms with E-state index in [1.807, 2.05) is 6.07 Å². The Hall–Kier alpha value is -2.57. The van der Waals surface area contributed by atoms with E-state index in [-0.39, 0.29) is 24.2 Å². The van der Waals surface area contributed by atoms with Crippen LogP contribution in [0.2, 0.25) is 0 Å². The summed E-state index contributed by atoms with van der Waals surface area (Å²) in [4.78, 5) is 25.4. The first kappa shape index (κ1) is 17.8. The fourth-order valence-corrected chi connectivity index (χ4v) is 3.97. The van der Waals surface area contributed by atoms with E-state index in [2.05, 4.69) is 34.3 Å². The van der Waals surface area contributed by atoms with Crippen molar-refractivity contribution in [2.75, 3.05) is 13.2 Å². The maximum absolute atomic E-state index is 12.4. The van der Waals surface area contributed by atoms with Gasteiger partial charge < -0.3 is 9.47 Å². The second-order valence-electron chi connectivity index (χ2n) is 7.14. The molecule has 2 unspecified atom stereocenters. The Balaban J connectivity index is 1.40. The molecule has 0 aromatic heterocycles. The van der Waals surface area contributed by atoms with Gasteiger partial charge in [0, 0.05) is 31.5 Å². The maximum Gasteiger partial charge on any atom is 0.338 e. The number of fused-ring (bicyclic) bond motifs is 2. The van der Waals surface area contributed by atoms with Crippen LogP contribution in [0.5, 0.6) is 0 Å². The lowest BCUT2D eigenvalue weighted by molar-refractivity contribution is -0.111. The number of ether oxygens (including phenoxy) is 2. The first-order valence-electron chi connectivity index (χ1n) is 9.25. The summed E-state index contributed by atoms with van der Waals surface area (Å²) < 4.78 is 11.5. The topological polar surface area (TPSA) is 68.2 Å². The molecule has 27 heavy (non-hydrogen) atoms. The van der Waals surface area contributed by atoms with Gasteiger partial charge in [0.1, 0.15) is 11.8 Å². The first-order valence-corrected chi connectivity index (χ1v) is 9.25. The second kappa shape index (κ2) is 7.98. The van der Waals surface area contributed by atoms with Crippen LogP contribution in [0.25, 0.3) is 0 Å². The minimum absolute atomic E-state index is 0.118. The minimum atomic E-state index is -0.354. The third kappa shape index (κ3) is 4.07. The molecule has 140 valence electrons. The molecule has 2 aromatic carbocycles. The number of esters is 1. The van der Waals surface area contributed by atoms with Crippen molar-refractivity contribution in [2.45, 2.75) is 37.6 Å². The van der Waals surface area contributed by atoms with Crippen LogP contribution in [0.4, 0.5) is 5.69 Å². The molecule has 0 saturated carbocycles. The van der Waals surface area contributed by atoms with Gasteiger partial charge >= 0.3 is 5.97 Å². The van der Waals surface area contributed by atoms with Gasteiger partial charge in [0.25, 0.3) is 0 Å². The summed E-state index contributed by atoms with van der Waals surface area (Å²) in [5, 5.41) is 2.85. The fourth-order valence-electron chi connectivity index (χ4n) is 3.97. The number of carbonyl (C=O) groups excluding carboxylic acids is 1. The maximum atomic E-state index is 12.4. The molecule has 0 radical (unpaired) electrons. The molecule has 2 aromatic rings. The van der Waals surface area contributed by atoms with Crippen LogP contribution in [-0.2, 0) is 16.0 Å². The summed E-state index contributed by atoms with van der Waals surface area (Å²) in [5.74, 6) is -0.354. The predicted octanol–water partition coefficient (Wildman–Crippen LogP) is 3.67. The quantitative estimate of drug-likeness (QED) is 0.596. The number of rotatable bonds is 5. The van der Waals surface area contributed by atoms with E-state index < -0.39 is 0 Å². The van der Waals surface area contributed by atoms with Crippen molar-refractivity contribution in [1.82, 2.24) is 4.90 Å². The molecule has 6 heteroatoms. The highest BCUT2D eigenvalue weighted by molar-refractivity contribution is 5.89. The van der Waals surface area contributed by atoms with Gasteiger partial charge in [-0.2, -0.15) is 0 Å². The zero-order chi connectivity index (χ0) is 18.6. The van der Waals surface area contributed by atoms with Crippen LogP contribution < -0.4 is 0 Å². The van der Waals surface area contributed by atoms with E-state index >= 15 is 0 Å². The number of hydrogen-bond acceptors (Lipinski definition) is 6. The van der Waals surface area contributed by atoms with Gasteiger partial charge in [-0.15, -0.1) is 4.91 Å². The van der Waals surface area contributed by atoms with Gasteiger partial charge in [-0.1, -0.05) is 30.3 Å². The Labute approximate surface area is 158 Å². The van der Waals surface area contributed by atoms with E-state index in [0.717, 1.165) is 19.4 Å². The third-order valence-electron chi connectivity index (χ3n) is 5.32. The lowest BCUT2D eigenvalue weighted by Crippen LogP contribution is -2.58. The minimum Gasteiger partial charge on any atom is -0.459 e. The second-order valence-corrected chi connectivity index (χ2v) is 7.14. The van der Waals surface area contributed by atoms with Gasteiger partial charge in [0.05, 0.1) is 18.8 Å². The molecule has 4 rings (SSSR count). The lowest BCUT2D eigenvalue weighted by atomic mass is 9.91. The van der Waals surface area contributed by atoms with Crippen molar-refractivity contribution < 1.29 is 14.3 Å². The Bertz CT molecular complexity index is 780. The smallest absolute Gasteiger partial charge is 0.338 e. The van der Waals surface area contributed by atoms with Crippen molar-refractivity contribution in [3.8, 4) is 0 Å². The molecule has 6 nitrogen and oxygen atoms in total. The predicted molar refractivity (Wildman–Crippen MR) is 101 cm³/mol. The molecule has 0 aliphatic carbocycles. The molecule has 2 aliphatic rings. The average molecular weight is 366 g/mol. The molecule has 2 atom stereocenters. The van der Waals surface area contributed by atoms with Crippen molar-refractivity contribution in [2.24, 2.45) is 5.18 Å². The average Bonchev–Trinajstić information content (AvgIpc) is 2.69. The van der Waals surface area contributed by atoms with Crippen molar-refractivity contribution in [3.63, 3.8) is 0 Å². The van der Waals surface area contributed by atoms with Gasteiger partial charge in [0.2, 0.25) is 0 Å². The molecule has 0 spiro atoms. The van der Waals surface area contributed by atoms with Crippen LogP contribution in [0.15, 0.2) is 59.8 Å². The molecule has 2 aliphatic heterocycles. The molecular weight excluding hydrogens is 344 g/mol. The van der Waals surface area contributed by atoms with Crippen LogP contribution in [0.1, 0.15) is 28.8 Å². The number of nitroso groups, excluding NO2 is 1. The highest BCUT2D eigenvalue weighted by Gasteiger charge is 2.40. The van der Waals surface area contributed by atoms with Crippen molar-refractivity contribution >= 4 is 11.7 Å². The zero-order valence-electron chi connectivity index (χ0n) is 15.0. The van der Waals surface area contributed by atoms with E-state index in [1.165, 1.54) is 17.7 Å². The number of carbonyl (C=O) groups is 1. The monoisotopic (exact) mass is 366 g/mol. The van der Waals surface area contributed by atoms with Crippen LogP contribution in [-0.4, -0.2) is 42.3 Å². The fraction of sp³-hybridized carbons (Fsp3) is 0.381. The molecule has 2 heterocycles. The highest BCUT2D eigenvalue weighted by atomic mass is 16.5. The van der Waals surface area contributed by atoms with E-state index in [9.17, 15) is 9.70 Å². The third-order valence-corrected chi connectivity index (χ3v) is 5.32. The van der Waals surface area contributed by atoms with E-state index in [4.69, 9.17) is 9.47 Å². The van der Waals surface area contributed by atoms with Crippen LogP contribution in [0, 0.1) is 4.91 Å². The lowest BCUT2D eigenvalue weighted by Gasteiger charge is -2.48. The summed E-state index contributed by atoms with van der Waals surface area (Å²) in [6.45, 7) is 2.22. The molecule has 2 saturated heterocycles. The normalized spacial score (nSPS) is 25.0. The molecule has 0 N–H and O–H groups in total. The van der Waals surface area contributed by atoms with E-state index in [0.29, 0.717) is 24.5 Å². The van der Waals surface area contributed by atoms with Crippen molar-refractivity contribution in [1.29, 1.82) is 0 Å². The van der Waals surface area contributed by atoms with Gasteiger partial charge in [-0.25, -0.2) is 4.79 Å². The van der Waals surface area contributed by atoms with Crippen molar-refractivity contribution in [3.05, 3.63) is 70.6 Å². The van der Waals surface area contributed by atoms with Gasteiger partial charge in [-0.3, -0.25) is 4.90 Å². The Morgan fingerprint density at radius 3 is 2.33 bits per heavy atom. The van der Waals surface area contributed by atoms with E-state index in [1.54, 1.807) is 12.1 Å². The van der Waals surface area contributed by atoms with Gasteiger partial charge in [-0.05, 0) is 35.0 Å².